The van der Waals surface area contributed by atoms with Crippen molar-refractivity contribution in [2.75, 3.05) is 20.2 Å². The SMILES string of the molecule is CC(C)NC(C)(CCN(C)C1CCOC1C)C(N)=O. The van der Waals surface area contributed by atoms with Gasteiger partial charge in [-0.05, 0) is 47.6 Å². The topological polar surface area (TPSA) is 67.6 Å². The second kappa shape index (κ2) is 6.68. The van der Waals surface area contributed by atoms with Crippen molar-refractivity contribution >= 4 is 5.91 Å². The fourth-order valence-corrected chi connectivity index (χ4v) is 2.77. The lowest BCUT2D eigenvalue weighted by atomic mass is 9.95. The number of rotatable bonds is 7. The molecule has 1 rings (SSSR count). The van der Waals surface area contributed by atoms with E-state index in [0.29, 0.717) is 12.5 Å². The first-order valence-corrected chi connectivity index (χ1v) is 7.15. The van der Waals surface area contributed by atoms with Gasteiger partial charge in [0.05, 0.1) is 11.6 Å². The zero-order chi connectivity index (χ0) is 14.6. The number of nitrogens with one attached hydrogen (secondary N) is 1. The van der Waals surface area contributed by atoms with Crippen molar-refractivity contribution in [3.05, 3.63) is 0 Å². The number of carbonyl (C=O) groups excluding carboxylic acids is 1. The van der Waals surface area contributed by atoms with Crippen molar-refractivity contribution in [2.45, 2.75) is 64.3 Å². The predicted octanol–water partition coefficient (Wildman–Crippen LogP) is 0.728. The van der Waals surface area contributed by atoms with Crippen molar-refractivity contribution in [3.8, 4) is 0 Å². The molecule has 0 aromatic heterocycles. The number of primary amides is 1. The minimum atomic E-state index is -0.648. The summed E-state index contributed by atoms with van der Waals surface area (Å²) < 4.78 is 5.58. The van der Waals surface area contributed by atoms with Gasteiger partial charge in [-0.15, -0.1) is 0 Å². The van der Waals surface area contributed by atoms with Crippen LogP contribution in [0.4, 0.5) is 0 Å². The predicted molar refractivity (Wildman–Crippen MR) is 76.9 cm³/mol. The number of hydrogen-bond acceptors (Lipinski definition) is 4. The molecule has 5 nitrogen and oxygen atoms in total. The van der Waals surface area contributed by atoms with Crippen LogP contribution in [0.3, 0.4) is 0 Å². The Kier molecular flexibility index (Phi) is 5.77. The first kappa shape index (κ1) is 16.4. The number of likely N-dealkylation sites (N-methyl/N-ethyl adjacent to an activating group) is 1. The van der Waals surface area contributed by atoms with E-state index in [2.05, 4.69) is 24.2 Å². The van der Waals surface area contributed by atoms with Gasteiger partial charge in [-0.1, -0.05) is 0 Å². The van der Waals surface area contributed by atoms with Crippen molar-refractivity contribution < 1.29 is 9.53 Å². The van der Waals surface area contributed by atoms with Crippen LogP contribution < -0.4 is 11.1 Å². The molecule has 112 valence electrons. The van der Waals surface area contributed by atoms with Gasteiger partial charge in [0.1, 0.15) is 0 Å². The van der Waals surface area contributed by atoms with E-state index in [1.54, 1.807) is 0 Å². The normalized spacial score (nSPS) is 26.9. The lowest BCUT2D eigenvalue weighted by molar-refractivity contribution is -0.124. The highest BCUT2D eigenvalue weighted by Gasteiger charge is 2.33. The summed E-state index contributed by atoms with van der Waals surface area (Å²) in [6.45, 7) is 9.70. The molecule has 1 fully saturated rings. The Labute approximate surface area is 116 Å². The van der Waals surface area contributed by atoms with E-state index in [9.17, 15) is 4.79 Å². The number of amides is 1. The standard InChI is InChI=1S/C14H29N3O2/c1-10(2)16-14(4,13(15)18)7-8-17(5)12-6-9-19-11(12)3/h10-12,16H,6-9H2,1-5H3,(H2,15,18). The van der Waals surface area contributed by atoms with Gasteiger partial charge in [-0.2, -0.15) is 0 Å². The summed E-state index contributed by atoms with van der Waals surface area (Å²) in [7, 11) is 2.09. The van der Waals surface area contributed by atoms with Crippen molar-refractivity contribution in [1.29, 1.82) is 0 Å². The van der Waals surface area contributed by atoms with Crippen molar-refractivity contribution in [1.82, 2.24) is 10.2 Å². The monoisotopic (exact) mass is 271 g/mol. The minimum Gasteiger partial charge on any atom is -0.377 e. The zero-order valence-electron chi connectivity index (χ0n) is 12.9. The summed E-state index contributed by atoms with van der Waals surface area (Å²) in [4.78, 5) is 14.0. The van der Waals surface area contributed by atoms with E-state index in [1.807, 2.05) is 20.8 Å². The van der Waals surface area contributed by atoms with E-state index < -0.39 is 5.54 Å². The van der Waals surface area contributed by atoms with Gasteiger partial charge in [0.15, 0.2) is 0 Å². The molecule has 1 aliphatic heterocycles. The third-order valence-electron chi connectivity index (χ3n) is 4.02. The second-order valence-corrected chi connectivity index (χ2v) is 6.16. The molecule has 1 aliphatic rings. The Morgan fingerprint density at radius 1 is 1.58 bits per heavy atom. The Morgan fingerprint density at radius 2 is 2.21 bits per heavy atom. The third-order valence-corrected chi connectivity index (χ3v) is 4.02. The van der Waals surface area contributed by atoms with Gasteiger partial charge >= 0.3 is 0 Å². The minimum absolute atomic E-state index is 0.233. The molecule has 3 atom stereocenters. The average Bonchev–Trinajstić information content (AvgIpc) is 2.71. The lowest BCUT2D eigenvalue weighted by Gasteiger charge is -2.33. The smallest absolute Gasteiger partial charge is 0.237 e. The molecule has 1 heterocycles. The molecule has 0 aromatic rings. The molecule has 3 unspecified atom stereocenters. The van der Waals surface area contributed by atoms with Crippen molar-refractivity contribution in [3.63, 3.8) is 0 Å². The molecular weight excluding hydrogens is 242 g/mol. The summed E-state index contributed by atoms with van der Waals surface area (Å²) >= 11 is 0. The summed E-state index contributed by atoms with van der Waals surface area (Å²) in [5, 5.41) is 3.28. The number of hydrogen-bond donors (Lipinski definition) is 2. The second-order valence-electron chi connectivity index (χ2n) is 6.16. The van der Waals surface area contributed by atoms with Crippen LogP contribution in [0, 0.1) is 0 Å². The van der Waals surface area contributed by atoms with Crippen LogP contribution in [-0.4, -0.2) is 54.7 Å². The zero-order valence-corrected chi connectivity index (χ0v) is 12.9. The maximum atomic E-state index is 11.7. The molecule has 5 heteroatoms. The molecule has 19 heavy (non-hydrogen) atoms. The molecule has 0 radical (unpaired) electrons. The highest BCUT2D eigenvalue weighted by atomic mass is 16.5. The highest BCUT2D eigenvalue weighted by molar-refractivity contribution is 5.84. The number of ether oxygens (including phenoxy) is 1. The quantitative estimate of drug-likeness (QED) is 0.716. The maximum absolute atomic E-state index is 11.7. The largest absolute Gasteiger partial charge is 0.377 e. The van der Waals surface area contributed by atoms with E-state index in [1.165, 1.54) is 0 Å². The highest BCUT2D eigenvalue weighted by Crippen LogP contribution is 2.20. The van der Waals surface area contributed by atoms with Crippen LogP contribution in [0.15, 0.2) is 0 Å². The number of carbonyl (C=O) groups is 1. The van der Waals surface area contributed by atoms with Crippen LogP contribution in [0.5, 0.6) is 0 Å². The van der Waals surface area contributed by atoms with Crippen LogP contribution in [0.2, 0.25) is 0 Å². The number of nitrogens with zero attached hydrogens (tertiary/aromatic N) is 1. The Hall–Kier alpha value is -0.650. The third kappa shape index (κ3) is 4.44. The van der Waals surface area contributed by atoms with Crippen LogP contribution in [-0.2, 0) is 9.53 Å². The molecule has 0 aromatic carbocycles. The van der Waals surface area contributed by atoms with Gasteiger partial charge in [0.2, 0.25) is 5.91 Å². The first-order chi connectivity index (χ1) is 8.76. The Bertz CT molecular complexity index is 309. The summed E-state index contributed by atoms with van der Waals surface area (Å²) in [5.41, 5.74) is 4.89. The van der Waals surface area contributed by atoms with Gasteiger partial charge in [0.25, 0.3) is 0 Å². The molecule has 0 saturated carbocycles. The molecular formula is C14H29N3O2. The summed E-state index contributed by atoms with van der Waals surface area (Å²) in [6.07, 6.45) is 2.03. The Morgan fingerprint density at radius 3 is 2.63 bits per heavy atom. The van der Waals surface area contributed by atoms with Crippen LogP contribution in [0.25, 0.3) is 0 Å². The van der Waals surface area contributed by atoms with Crippen molar-refractivity contribution in [2.24, 2.45) is 5.73 Å². The van der Waals surface area contributed by atoms with E-state index in [0.717, 1.165) is 19.6 Å². The molecule has 3 N–H and O–H groups in total. The van der Waals surface area contributed by atoms with Gasteiger partial charge in [-0.25, -0.2) is 0 Å². The van der Waals surface area contributed by atoms with Gasteiger partial charge in [0, 0.05) is 25.2 Å². The van der Waals surface area contributed by atoms with Gasteiger partial charge < -0.3 is 20.7 Å². The summed E-state index contributed by atoms with van der Waals surface area (Å²) in [6, 6.07) is 0.674. The van der Waals surface area contributed by atoms with E-state index in [4.69, 9.17) is 10.5 Å². The molecule has 0 bridgehead atoms. The van der Waals surface area contributed by atoms with Crippen LogP contribution >= 0.6 is 0 Å². The molecule has 0 spiro atoms. The average molecular weight is 271 g/mol. The van der Waals surface area contributed by atoms with Crippen LogP contribution in [0.1, 0.15) is 40.5 Å². The molecule has 1 saturated heterocycles. The fourth-order valence-electron chi connectivity index (χ4n) is 2.77. The fraction of sp³-hybridized carbons (Fsp3) is 0.929. The number of nitrogens with two attached hydrogens (primary N) is 1. The maximum Gasteiger partial charge on any atom is 0.237 e. The Balaban J connectivity index is 2.54. The lowest BCUT2D eigenvalue weighted by Crippen LogP contribution is -2.57. The molecule has 0 aliphatic carbocycles. The van der Waals surface area contributed by atoms with E-state index in [-0.39, 0.29) is 18.1 Å². The van der Waals surface area contributed by atoms with E-state index >= 15 is 0 Å². The molecule has 1 amide bonds. The summed E-state index contributed by atoms with van der Waals surface area (Å²) in [5.74, 6) is -0.287. The first-order valence-electron chi connectivity index (χ1n) is 7.15. The van der Waals surface area contributed by atoms with Gasteiger partial charge in [-0.3, -0.25) is 4.79 Å².